The number of hydrogen-bond donors (Lipinski definition) is 0. The van der Waals surface area contributed by atoms with Crippen molar-refractivity contribution < 1.29 is 8.78 Å². The van der Waals surface area contributed by atoms with Crippen molar-refractivity contribution in [1.82, 2.24) is 0 Å². The molecule has 0 aliphatic heterocycles. The zero-order valence-electron chi connectivity index (χ0n) is 7.36. The summed E-state index contributed by atoms with van der Waals surface area (Å²) in [5.74, 6) is 0. The molecule has 72 valence electrons. The van der Waals surface area contributed by atoms with Crippen LogP contribution in [0.4, 0.5) is 8.78 Å². The highest BCUT2D eigenvalue weighted by atomic mass is 79.9. The first-order valence-corrected chi connectivity index (χ1v) is 4.91. The highest BCUT2D eigenvalue weighted by Gasteiger charge is 2.03. The van der Waals surface area contributed by atoms with Crippen LogP contribution in [-0.4, -0.2) is 6.43 Å². The molecule has 3 heteroatoms. The summed E-state index contributed by atoms with van der Waals surface area (Å²) in [7, 11) is 0. The summed E-state index contributed by atoms with van der Waals surface area (Å²) in [6, 6.07) is 5.79. The fraction of sp³-hybridized carbons (Fsp3) is 0.400. The zero-order chi connectivity index (χ0) is 9.84. The molecule has 0 N–H and O–H groups in total. The van der Waals surface area contributed by atoms with E-state index in [1.165, 1.54) is 0 Å². The molecule has 0 fully saturated rings. The lowest BCUT2D eigenvalue weighted by Gasteiger charge is -2.03. The first-order valence-electron chi connectivity index (χ1n) is 4.12. The monoisotopic (exact) mass is 248 g/mol. The quantitative estimate of drug-likeness (QED) is 0.760. The molecule has 1 aromatic rings. The molecule has 0 aromatic heterocycles. The van der Waals surface area contributed by atoms with Gasteiger partial charge in [-0.25, -0.2) is 8.78 Å². The first-order chi connectivity index (χ1) is 6.08. The maximum atomic E-state index is 11.9. The standard InChI is InChI=1S/C10H11BrF2/c1-7-4-8(2-3-10(12)13)6-9(11)5-7/h4-6,10H,2-3H2,1H3. The smallest absolute Gasteiger partial charge is 0.211 e. The third-order valence-corrected chi connectivity index (χ3v) is 2.21. The molecule has 0 bridgehead atoms. The predicted octanol–water partition coefficient (Wildman–Crippen LogP) is 3.96. The number of rotatable bonds is 3. The molecule has 0 amide bonds. The van der Waals surface area contributed by atoms with Gasteiger partial charge in [0.15, 0.2) is 0 Å². The largest absolute Gasteiger partial charge is 0.239 e. The van der Waals surface area contributed by atoms with Gasteiger partial charge in [-0.3, -0.25) is 0 Å². The van der Waals surface area contributed by atoms with Crippen molar-refractivity contribution in [1.29, 1.82) is 0 Å². The van der Waals surface area contributed by atoms with Crippen molar-refractivity contribution in [3.8, 4) is 0 Å². The van der Waals surface area contributed by atoms with Crippen LogP contribution in [0.25, 0.3) is 0 Å². The molecule has 13 heavy (non-hydrogen) atoms. The van der Waals surface area contributed by atoms with Gasteiger partial charge in [0.2, 0.25) is 6.43 Å². The van der Waals surface area contributed by atoms with Gasteiger partial charge in [-0.1, -0.05) is 22.0 Å². The molecule has 0 heterocycles. The van der Waals surface area contributed by atoms with Crippen LogP contribution < -0.4 is 0 Å². The van der Waals surface area contributed by atoms with Gasteiger partial charge >= 0.3 is 0 Å². The van der Waals surface area contributed by atoms with Crippen LogP contribution in [0.15, 0.2) is 22.7 Å². The molecule has 0 atom stereocenters. The van der Waals surface area contributed by atoms with Gasteiger partial charge in [-0.05, 0) is 36.6 Å². The van der Waals surface area contributed by atoms with E-state index in [1.807, 2.05) is 25.1 Å². The van der Waals surface area contributed by atoms with Gasteiger partial charge in [0.05, 0.1) is 0 Å². The maximum Gasteiger partial charge on any atom is 0.239 e. The average molecular weight is 249 g/mol. The zero-order valence-corrected chi connectivity index (χ0v) is 8.94. The lowest BCUT2D eigenvalue weighted by atomic mass is 10.1. The Balaban J connectivity index is 2.66. The lowest BCUT2D eigenvalue weighted by molar-refractivity contribution is 0.138. The summed E-state index contributed by atoms with van der Waals surface area (Å²) in [5.41, 5.74) is 2.06. The Labute approximate surface area is 85.1 Å². The maximum absolute atomic E-state index is 11.9. The van der Waals surface area contributed by atoms with E-state index in [2.05, 4.69) is 15.9 Å². The van der Waals surface area contributed by atoms with E-state index in [0.717, 1.165) is 15.6 Å². The fourth-order valence-corrected chi connectivity index (χ4v) is 1.89. The number of benzene rings is 1. The van der Waals surface area contributed by atoms with E-state index in [1.54, 1.807) is 0 Å². The minimum absolute atomic E-state index is 0.0596. The second-order valence-electron chi connectivity index (χ2n) is 3.07. The first kappa shape index (κ1) is 10.6. The van der Waals surface area contributed by atoms with Gasteiger partial charge in [-0.15, -0.1) is 0 Å². The lowest BCUT2D eigenvalue weighted by Crippen LogP contribution is -1.94. The highest BCUT2D eigenvalue weighted by Crippen LogP contribution is 2.17. The third-order valence-electron chi connectivity index (χ3n) is 1.75. The fourth-order valence-electron chi connectivity index (χ4n) is 1.23. The summed E-state index contributed by atoms with van der Waals surface area (Å²) in [6.07, 6.45) is -1.83. The van der Waals surface area contributed by atoms with E-state index in [0.29, 0.717) is 6.42 Å². The number of hydrogen-bond acceptors (Lipinski definition) is 0. The molecular weight excluding hydrogens is 238 g/mol. The Morgan fingerprint density at radius 3 is 2.54 bits per heavy atom. The molecule has 1 aromatic carbocycles. The molecule has 0 spiro atoms. The molecule has 0 saturated heterocycles. The summed E-state index contributed by atoms with van der Waals surface area (Å²) >= 11 is 3.33. The summed E-state index contributed by atoms with van der Waals surface area (Å²) < 4.78 is 24.8. The van der Waals surface area contributed by atoms with Gasteiger partial charge in [0.25, 0.3) is 0 Å². The Kier molecular flexibility index (Phi) is 3.85. The van der Waals surface area contributed by atoms with Crippen LogP contribution >= 0.6 is 15.9 Å². The minimum Gasteiger partial charge on any atom is -0.211 e. The molecule has 0 aliphatic carbocycles. The van der Waals surface area contributed by atoms with Crippen LogP contribution in [0.3, 0.4) is 0 Å². The molecule has 0 unspecified atom stereocenters. The topological polar surface area (TPSA) is 0 Å². The van der Waals surface area contributed by atoms with Gasteiger partial charge in [-0.2, -0.15) is 0 Å². The van der Waals surface area contributed by atoms with Crippen LogP contribution in [0.5, 0.6) is 0 Å². The van der Waals surface area contributed by atoms with Crippen LogP contribution in [0.1, 0.15) is 17.5 Å². The Morgan fingerprint density at radius 2 is 2.00 bits per heavy atom. The molecule has 0 saturated carbocycles. The van der Waals surface area contributed by atoms with E-state index in [-0.39, 0.29) is 6.42 Å². The van der Waals surface area contributed by atoms with E-state index >= 15 is 0 Å². The molecule has 0 radical (unpaired) electrons. The van der Waals surface area contributed by atoms with Crippen molar-refractivity contribution in [2.45, 2.75) is 26.2 Å². The van der Waals surface area contributed by atoms with E-state index in [9.17, 15) is 8.78 Å². The Morgan fingerprint density at radius 1 is 1.31 bits per heavy atom. The summed E-state index contributed by atoms with van der Waals surface area (Å²) in [6.45, 7) is 1.95. The molecular formula is C10H11BrF2. The normalized spacial score (nSPS) is 10.8. The third kappa shape index (κ3) is 3.85. The van der Waals surface area contributed by atoms with Crippen LogP contribution in [0, 0.1) is 6.92 Å². The summed E-state index contributed by atoms with van der Waals surface area (Å²) in [4.78, 5) is 0. The van der Waals surface area contributed by atoms with Crippen molar-refractivity contribution in [2.24, 2.45) is 0 Å². The van der Waals surface area contributed by atoms with Gasteiger partial charge in [0.1, 0.15) is 0 Å². The van der Waals surface area contributed by atoms with Crippen LogP contribution in [0.2, 0.25) is 0 Å². The van der Waals surface area contributed by atoms with Gasteiger partial charge in [0, 0.05) is 10.9 Å². The highest BCUT2D eigenvalue weighted by molar-refractivity contribution is 9.10. The molecule has 0 aliphatic rings. The Bertz CT molecular complexity index is 264. The number of halogens is 3. The summed E-state index contributed by atoms with van der Waals surface area (Å²) in [5, 5.41) is 0. The average Bonchev–Trinajstić information content (AvgIpc) is 1.99. The Hall–Kier alpha value is -0.440. The predicted molar refractivity (Wildman–Crippen MR) is 53.2 cm³/mol. The second-order valence-corrected chi connectivity index (χ2v) is 3.98. The van der Waals surface area contributed by atoms with Gasteiger partial charge < -0.3 is 0 Å². The van der Waals surface area contributed by atoms with Crippen molar-refractivity contribution >= 4 is 15.9 Å². The minimum atomic E-state index is -2.21. The molecule has 0 nitrogen and oxygen atoms in total. The van der Waals surface area contributed by atoms with E-state index < -0.39 is 6.43 Å². The van der Waals surface area contributed by atoms with Crippen molar-refractivity contribution in [3.05, 3.63) is 33.8 Å². The molecule has 1 rings (SSSR count). The second kappa shape index (κ2) is 4.70. The number of alkyl halides is 2. The SMILES string of the molecule is Cc1cc(Br)cc(CCC(F)F)c1. The van der Waals surface area contributed by atoms with Crippen LogP contribution in [-0.2, 0) is 6.42 Å². The van der Waals surface area contributed by atoms with Crippen molar-refractivity contribution in [3.63, 3.8) is 0 Å². The van der Waals surface area contributed by atoms with Crippen molar-refractivity contribution in [2.75, 3.05) is 0 Å². The number of aryl methyl sites for hydroxylation is 2. The van der Waals surface area contributed by atoms with E-state index in [4.69, 9.17) is 0 Å².